The van der Waals surface area contributed by atoms with Gasteiger partial charge in [0.25, 0.3) is 0 Å². The Morgan fingerprint density at radius 1 is 1.21 bits per heavy atom. The molecule has 0 amide bonds. The number of sulfone groups is 1. The summed E-state index contributed by atoms with van der Waals surface area (Å²) in [6, 6.07) is 6.51. The molecular weight excluding hydrogens is 262 g/mol. The molecular formula is C13H21N3O2S. The molecule has 19 heavy (non-hydrogen) atoms. The minimum absolute atomic E-state index is 0.153. The molecule has 0 saturated carbocycles. The summed E-state index contributed by atoms with van der Waals surface area (Å²) in [4.78, 5) is 4.77. The molecule has 0 spiro atoms. The number of hydrogen-bond donors (Lipinski definition) is 1. The summed E-state index contributed by atoms with van der Waals surface area (Å²) in [6.07, 6.45) is 0. The van der Waals surface area contributed by atoms with Crippen molar-refractivity contribution in [2.75, 3.05) is 51.3 Å². The standard InChI is InChI=1S/C13H21N3O2S/c1-15-5-7-16(8-6-15)9-10-19(17,18)13-4-2-3-12(14)11-13/h2-4,11H,5-10,14H2,1H3. The molecule has 6 heteroatoms. The van der Waals surface area contributed by atoms with Gasteiger partial charge in [-0.2, -0.15) is 0 Å². The van der Waals surface area contributed by atoms with Crippen LogP contribution in [-0.4, -0.2) is 63.7 Å². The second-order valence-electron chi connectivity index (χ2n) is 5.04. The zero-order chi connectivity index (χ0) is 13.9. The molecule has 0 bridgehead atoms. The SMILES string of the molecule is CN1CCN(CCS(=O)(=O)c2cccc(N)c2)CC1. The van der Waals surface area contributed by atoms with Crippen molar-refractivity contribution in [3.63, 3.8) is 0 Å². The Morgan fingerprint density at radius 3 is 2.53 bits per heavy atom. The molecule has 0 aliphatic carbocycles. The van der Waals surface area contributed by atoms with E-state index < -0.39 is 9.84 Å². The van der Waals surface area contributed by atoms with Crippen molar-refractivity contribution in [3.05, 3.63) is 24.3 Å². The van der Waals surface area contributed by atoms with Gasteiger partial charge in [0.15, 0.2) is 9.84 Å². The first-order valence-electron chi connectivity index (χ1n) is 6.46. The third-order valence-electron chi connectivity index (χ3n) is 3.49. The monoisotopic (exact) mass is 283 g/mol. The van der Waals surface area contributed by atoms with Crippen LogP contribution in [0.5, 0.6) is 0 Å². The molecule has 106 valence electrons. The molecule has 0 radical (unpaired) electrons. The Morgan fingerprint density at radius 2 is 1.89 bits per heavy atom. The van der Waals surface area contributed by atoms with E-state index in [1.807, 2.05) is 0 Å². The van der Waals surface area contributed by atoms with Crippen molar-refractivity contribution in [1.82, 2.24) is 9.80 Å². The molecule has 0 unspecified atom stereocenters. The van der Waals surface area contributed by atoms with Crippen molar-refractivity contribution < 1.29 is 8.42 Å². The minimum Gasteiger partial charge on any atom is -0.399 e. The zero-order valence-corrected chi connectivity index (χ0v) is 12.1. The van der Waals surface area contributed by atoms with Crippen molar-refractivity contribution >= 4 is 15.5 Å². The van der Waals surface area contributed by atoms with Crippen LogP contribution in [0.25, 0.3) is 0 Å². The Kier molecular flexibility index (Phi) is 4.44. The average molecular weight is 283 g/mol. The van der Waals surface area contributed by atoms with E-state index in [2.05, 4.69) is 16.8 Å². The van der Waals surface area contributed by atoms with Crippen LogP contribution in [0.3, 0.4) is 0 Å². The Labute approximate surface area is 114 Å². The van der Waals surface area contributed by atoms with E-state index in [0.717, 1.165) is 26.2 Å². The maximum atomic E-state index is 12.2. The lowest BCUT2D eigenvalue weighted by Gasteiger charge is -2.32. The van der Waals surface area contributed by atoms with Crippen LogP contribution in [0.2, 0.25) is 0 Å². The second kappa shape index (κ2) is 5.90. The summed E-state index contributed by atoms with van der Waals surface area (Å²) in [5, 5.41) is 0. The Hall–Kier alpha value is -1.11. The van der Waals surface area contributed by atoms with Gasteiger partial charge in [0.05, 0.1) is 10.6 Å². The van der Waals surface area contributed by atoms with Crippen LogP contribution in [0, 0.1) is 0 Å². The predicted octanol–water partition coefficient (Wildman–Crippen LogP) is 0.290. The topological polar surface area (TPSA) is 66.6 Å². The average Bonchev–Trinajstić information content (AvgIpc) is 2.38. The van der Waals surface area contributed by atoms with Gasteiger partial charge in [-0.05, 0) is 25.2 Å². The minimum atomic E-state index is -3.23. The highest BCUT2D eigenvalue weighted by atomic mass is 32.2. The van der Waals surface area contributed by atoms with Crippen molar-refractivity contribution in [2.24, 2.45) is 0 Å². The van der Waals surface area contributed by atoms with Crippen molar-refractivity contribution in [3.8, 4) is 0 Å². The Bertz CT molecular complexity index is 522. The predicted molar refractivity (Wildman–Crippen MR) is 76.8 cm³/mol. The fraction of sp³-hybridized carbons (Fsp3) is 0.538. The van der Waals surface area contributed by atoms with E-state index >= 15 is 0 Å². The molecule has 0 aromatic heterocycles. The molecule has 1 aromatic rings. The number of nitrogen functional groups attached to an aromatic ring is 1. The smallest absolute Gasteiger partial charge is 0.179 e. The van der Waals surface area contributed by atoms with Crippen LogP contribution in [-0.2, 0) is 9.84 Å². The van der Waals surface area contributed by atoms with Crippen LogP contribution in [0.15, 0.2) is 29.2 Å². The second-order valence-corrected chi connectivity index (χ2v) is 7.15. The van der Waals surface area contributed by atoms with Gasteiger partial charge in [-0.15, -0.1) is 0 Å². The van der Waals surface area contributed by atoms with Gasteiger partial charge in [-0.3, -0.25) is 4.90 Å². The molecule has 1 saturated heterocycles. The first-order valence-corrected chi connectivity index (χ1v) is 8.12. The lowest BCUT2D eigenvalue weighted by Crippen LogP contribution is -2.45. The Balaban J connectivity index is 1.95. The number of piperazine rings is 1. The van der Waals surface area contributed by atoms with E-state index in [4.69, 9.17) is 5.73 Å². The van der Waals surface area contributed by atoms with E-state index in [1.54, 1.807) is 18.2 Å². The van der Waals surface area contributed by atoms with Gasteiger partial charge in [-0.1, -0.05) is 6.07 Å². The summed E-state index contributed by atoms with van der Waals surface area (Å²) in [6.45, 7) is 4.45. The number of benzene rings is 1. The van der Waals surface area contributed by atoms with E-state index in [1.165, 1.54) is 6.07 Å². The van der Waals surface area contributed by atoms with E-state index in [0.29, 0.717) is 17.1 Å². The largest absolute Gasteiger partial charge is 0.399 e. The van der Waals surface area contributed by atoms with Gasteiger partial charge in [0.1, 0.15) is 0 Å². The maximum Gasteiger partial charge on any atom is 0.179 e. The van der Waals surface area contributed by atoms with Gasteiger partial charge in [-0.25, -0.2) is 8.42 Å². The lowest BCUT2D eigenvalue weighted by atomic mass is 10.3. The number of anilines is 1. The highest BCUT2D eigenvalue weighted by molar-refractivity contribution is 7.91. The molecule has 1 aromatic carbocycles. The molecule has 1 heterocycles. The number of likely N-dealkylation sites (N-methyl/N-ethyl adjacent to an activating group) is 1. The normalized spacial score (nSPS) is 18.6. The van der Waals surface area contributed by atoms with Gasteiger partial charge < -0.3 is 10.6 Å². The fourth-order valence-corrected chi connectivity index (χ4v) is 3.48. The summed E-state index contributed by atoms with van der Waals surface area (Å²) >= 11 is 0. The highest BCUT2D eigenvalue weighted by Gasteiger charge is 2.19. The molecule has 2 N–H and O–H groups in total. The summed E-state index contributed by atoms with van der Waals surface area (Å²) in [7, 11) is -1.15. The van der Waals surface area contributed by atoms with Gasteiger partial charge in [0.2, 0.25) is 0 Å². The third kappa shape index (κ3) is 3.92. The molecule has 2 rings (SSSR count). The highest BCUT2D eigenvalue weighted by Crippen LogP contribution is 2.14. The third-order valence-corrected chi connectivity index (χ3v) is 5.18. The van der Waals surface area contributed by atoms with Gasteiger partial charge >= 0.3 is 0 Å². The van der Waals surface area contributed by atoms with E-state index in [-0.39, 0.29) is 5.75 Å². The summed E-state index contributed by atoms with van der Waals surface area (Å²) in [5.74, 6) is 0.153. The van der Waals surface area contributed by atoms with Crippen LogP contribution >= 0.6 is 0 Å². The van der Waals surface area contributed by atoms with Crippen molar-refractivity contribution in [1.29, 1.82) is 0 Å². The maximum absolute atomic E-state index is 12.2. The quantitative estimate of drug-likeness (QED) is 0.805. The lowest BCUT2D eigenvalue weighted by molar-refractivity contribution is 0.161. The molecule has 1 aliphatic heterocycles. The molecule has 1 aliphatic rings. The van der Waals surface area contributed by atoms with Crippen molar-refractivity contribution in [2.45, 2.75) is 4.90 Å². The molecule has 0 atom stereocenters. The van der Waals surface area contributed by atoms with E-state index in [9.17, 15) is 8.42 Å². The summed E-state index contributed by atoms with van der Waals surface area (Å²) in [5.41, 5.74) is 6.12. The van der Waals surface area contributed by atoms with Crippen LogP contribution in [0.1, 0.15) is 0 Å². The molecule has 5 nitrogen and oxygen atoms in total. The number of rotatable bonds is 4. The molecule has 1 fully saturated rings. The van der Waals surface area contributed by atoms with Crippen LogP contribution in [0.4, 0.5) is 5.69 Å². The first-order chi connectivity index (χ1) is 8.97. The summed E-state index contributed by atoms with van der Waals surface area (Å²) < 4.78 is 24.4. The fourth-order valence-electron chi connectivity index (χ4n) is 2.15. The number of hydrogen-bond acceptors (Lipinski definition) is 5. The number of nitrogens with two attached hydrogens (primary N) is 1. The number of nitrogens with zero attached hydrogens (tertiary/aromatic N) is 2. The first kappa shape index (κ1) is 14.3. The zero-order valence-electron chi connectivity index (χ0n) is 11.2. The van der Waals surface area contributed by atoms with Crippen LogP contribution < -0.4 is 5.73 Å². The van der Waals surface area contributed by atoms with Gasteiger partial charge in [0, 0.05) is 38.4 Å².